The van der Waals surface area contributed by atoms with Crippen LogP contribution in [0.1, 0.15) is 26.1 Å². The molecule has 5 heteroatoms. The standard InChI is InChI=1S/C17H26N4O/c1-17(2,22)7-8-20-9-11-21(12-10-20)13-16-18-14-5-3-4-6-15(14)19-16/h3-6,22H,7-13H2,1-2H3,(H,18,19). The van der Waals surface area contributed by atoms with Gasteiger partial charge >= 0.3 is 0 Å². The second-order valence-corrected chi connectivity index (χ2v) is 6.88. The van der Waals surface area contributed by atoms with Crippen LogP contribution in [0.15, 0.2) is 24.3 Å². The maximum atomic E-state index is 9.81. The molecule has 22 heavy (non-hydrogen) atoms. The highest BCUT2D eigenvalue weighted by Gasteiger charge is 2.20. The van der Waals surface area contributed by atoms with Crippen LogP contribution in [0.5, 0.6) is 0 Å². The Morgan fingerprint density at radius 3 is 2.50 bits per heavy atom. The molecule has 0 amide bonds. The number of fused-ring (bicyclic) bond motifs is 1. The quantitative estimate of drug-likeness (QED) is 0.885. The van der Waals surface area contributed by atoms with Gasteiger partial charge in [-0.2, -0.15) is 0 Å². The van der Waals surface area contributed by atoms with E-state index in [9.17, 15) is 5.11 Å². The summed E-state index contributed by atoms with van der Waals surface area (Å²) in [5.74, 6) is 1.05. The summed E-state index contributed by atoms with van der Waals surface area (Å²) in [7, 11) is 0. The lowest BCUT2D eigenvalue weighted by atomic mass is 10.1. The second-order valence-electron chi connectivity index (χ2n) is 6.88. The van der Waals surface area contributed by atoms with Crippen molar-refractivity contribution in [3.8, 4) is 0 Å². The molecule has 0 bridgehead atoms. The molecule has 1 fully saturated rings. The number of imidazole rings is 1. The first-order valence-electron chi connectivity index (χ1n) is 8.10. The van der Waals surface area contributed by atoms with Crippen LogP contribution in [0.25, 0.3) is 11.0 Å². The predicted molar refractivity (Wildman–Crippen MR) is 88.7 cm³/mol. The average molecular weight is 302 g/mol. The van der Waals surface area contributed by atoms with E-state index in [1.54, 1.807) is 0 Å². The minimum Gasteiger partial charge on any atom is -0.390 e. The number of aromatic amines is 1. The van der Waals surface area contributed by atoms with Crippen LogP contribution in [0.3, 0.4) is 0 Å². The first-order chi connectivity index (χ1) is 10.5. The Balaban J connectivity index is 1.49. The molecule has 3 rings (SSSR count). The maximum Gasteiger partial charge on any atom is 0.121 e. The summed E-state index contributed by atoms with van der Waals surface area (Å²) in [5, 5.41) is 9.81. The van der Waals surface area contributed by atoms with E-state index in [1.807, 2.05) is 32.0 Å². The van der Waals surface area contributed by atoms with Crippen LogP contribution in [0.2, 0.25) is 0 Å². The lowest BCUT2D eigenvalue weighted by Gasteiger charge is -2.35. The smallest absolute Gasteiger partial charge is 0.121 e. The van der Waals surface area contributed by atoms with Gasteiger partial charge in [0.1, 0.15) is 5.82 Å². The van der Waals surface area contributed by atoms with E-state index in [-0.39, 0.29) is 0 Å². The van der Waals surface area contributed by atoms with Crippen molar-refractivity contribution in [3.05, 3.63) is 30.1 Å². The summed E-state index contributed by atoms with van der Waals surface area (Å²) >= 11 is 0. The largest absolute Gasteiger partial charge is 0.390 e. The summed E-state index contributed by atoms with van der Waals surface area (Å²) in [6.07, 6.45) is 0.830. The summed E-state index contributed by atoms with van der Waals surface area (Å²) in [6.45, 7) is 9.87. The Morgan fingerprint density at radius 1 is 1.14 bits per heavy atom. The van der Waals surface area contributed by atoms with E-state index < -0.39 is 5.60 Å². The highest BCUT2D eigenvalue weighted by molar-refractivity contribution is 5.74. The van der Waals surface area contributed by atoms with Crippen molar-refractivity contribution in [2.75, 3.05) is 32.7 Å². The van der Waals surface area contributed by atoms with Crippen LogP contribution in [-0.2, 0) is 6.54 Å². The summed E-state index contributed by atoms with van der Waals surface area (Å²) < 4.78 is 0. The highest BCUT2D eigenvalue weighted by atomic mass is 16.3. The molecule has 2 heterocycles. The molecule has 0 atom stereocenters. The molecule has 2 N–H and O–H groups in total. The Labute approximate surface area is 131 Å². The van der Waals surface area contributed by atoms with E-state index in [0.717, 1.165) is 62.5 Å². The Bertz CT molecular complexity index is 575. The number of piperazine rings is 1. The maximum absolute atomic E-state index is 9.81. The lowest BCUT2D eigenvalue weighted by molar-refractivity contribution is 0.0465. The third-order valence-electron chi connectivity index (χ3n) is 4.32. The normalized spacial score (nSPS) is 18.1. The molecule has 0 unspecified atom stereocenters. The molecule has 1 aromatic carbocycles. The minimum absolute atomic E-state index is 0.564. The SMILES string of the molecule is CC(C)(O)CCN1CCN(Cc2nc3ccccc3[nH]2)CC1. The van der Waals surface area contributed by atoms with Gasteiger partial charge in [-0.15, -0.1) is 0 Å². The first-order valence-corrected chi connectivity index (χ1v) is 8.10. The van der Waals surface area contributed by atoms with Gasteiger partial charge in [0.05, 0.1) is 23.2 Å². The summed E-state index contributed by atoms with van der Waals surface area (Å²) in [4.78, 5) is 12.9. The molecule has 0 saturated carbocycles. The molecule has 0 aliphatic carbocycles. The lowest BCUT2D eigenvalue weighted by Crippen LogP contribution is -2.47. The van der Waals surface area contributed by atoms with E-state index in [2.05, 4.69) is 25.8 Å². The molecular weight excluding hydrogens is 276 g/mol. The zero-order valence-electron chi connectivity index (χ0n) is 13.5. The van der Waals surface area contributed by atoms with Crippen LogP contribution in [0, 0.1) is 0 Å². The van der Waals surface area contributed by atoms with E-state index >= 15 is 0 Å². The van der Waals surface area contributed by atoms with Gasteiger partial charge in [-0.05, 0) is 32.4 Å². The fourth-order valence-electron chi connectivity index (χ4n) is 2.90. The van der Waals surface area contributed by atoms with Gasteiger partial charge in [0.25, 0.3) is 0 Å². The number of aliphatic hydroxyl groups is 1. The second kappa shape index (κ2) is 6.36. The molecule has 0 radical (unpaired) electrons. The number of rotatable bonds is 5. The summed E-state index contributed by atoms with van der Waals surface area (Å²) in [6, 6.07) is 8.17. The minimum atomic E-state index is -0.564. The molecule has 1 aliphatic heterocycles. The van der Waals surface area contributed by atoms with E-state index in [4.69, 9.17) is 0 Å². The van der Waals surface area contributed by atoms with Gasteiger partial charge in [0.15, 0.2) is 0 Å². The molecule has 1 aliphatic rings. The Morgan fingerprint density at radius 2 is 1.82 bits per heavy atom. The fraction of sp³-hybridized carbons (Fsp3) is 0.588. The van der Waals surface area contributed by atoms with Crippen molar-refractivity contribution in [2.45, 2.75) is 32.4 Å². The van der Waals surface area contributed by atoms with E-state index in [1.165, 1.54) is 0 Å². The van der Waals surface area contributed by atoms with Gasteiger partial charge in [-0.25, -0.2) is 4.98 Å². The number of aromatic nitrogens is 2. The third kappa shape index (κ3) is 4.06. The zero-order chi connectivity index (χ0) is 15.6. The van der Waals surface area contributed by atoms with Gasteiger partial charge in [0, 0.05) is 32.7 Å². The van der Waals surface area contributed by atoms with Crippen molar-refractivity contribution in [1.29, 1.82) is 0 Å². The number of benzene rings is 1. The molecule has 120 valence electrons. The molecular formula is C17H26N4O. The monoisotopic (exact) mass is 302 g/mol. The molecule has 5 nitrogen and oxygen atoms in total. The van der Waals surface area contributed by atoms with Crippen molar-refractivity contribution in [2.24, 2.45) is 0 Å². The predicted octanol–water partition coefficient (Wildman–Crippen LogP) is 1.84. The van der Waals surface area contributed by atoms with Gasteiger partial charge in [-0.3, -0.25) is 4.90 Å². The average Bonchev–Trinajstić information content (AvgIpc) is 2.88. The zero-order valence-corrected chi connectivity index (χ0v) is 13.5. The van der Waals surface area contributed by atoms with Gasteiger partial charge in [-0.1, -0.05) is 12.1 Å². The van der Waals surface area contributed by atoms with Gasteiger partial charge in [0.2, 0.25) is 0 Å². The molecule has 0 spiro atoms. The van der Waals surface area contributed by atoms with Crippen LogP contribution >= 0.6 is 0 Å². The van der Waals surface area contributed by atoms with Gasteiger partial charge < -0.3 is 15.0 Å². The van der Waals surface area contributed by atoms with Crippen LogP contribution in [0.4, 0.5) is 0 Å². The van der Waals surface area contributed by atoms with Crippen molar-refractivity contribution in [3.63, 3.8) is 0 Å². The number of nitrogens with one attached hydrogen (secondary N) is 1. The number of para-hydroxylation sites is 2. The molecule has 1 aromatic heterocycles. The van der Waals surface area contributed by atoms with Crippen LogP contribution < -0.4 is 0 Å². The number of hydrogen-bond acceptors (Lipinski definition) is 4. The van der Waals surface area contributed by atoms with Crippen molar-refractivity contribution in [1.82, 2.24) is 19.8 Å². The van der Waals surface area contributed by atoms with Crippen molar-refractivity contribution >= 4 is 11.0 Å². The van der Waals surface area contributed by atoms with Crippen molar-refractivity contribution < 1.29 is 5.11 Å². The topological polar surface area (TPSA) is 55.4 Å². The highest BCUT2D eigenvalue weighted by Crippen LogP contribution is 2.14. The Hall–Kier alpha value is -1.43. The number of nitrogens with zero attached hydrogens (tertiary/aromatic N) is 3. The first kappa shape index (κ1) is 15.5. The van der Waals surface area contributed by atoms with E-state index in [0.29, 0.717) is 0 Å². The molecule has 2 aromatic rings. The summed E-state index contributed by atoms with van der Waals surface area (Å²) in [5.41, 5.74) is 1.59. The Kier molecular flexibility index (Phi) is 4.47. The number of H-pyrrole nitrogens is 1. The third-order valence-corrected chi connectivity index (χ3v) is 4.32. The number of hydrogen-bond donors (Lipinski definition) is 2. The molecule has 1 saturated heterocycles. The van der Waals surface area contributed by atoms with Crippen LogP contribution in [-0.4, -0.2) is 63.2 Å². The fourth-order valence-corrected chi connectivity index (χ4v) is 2.90.